The Balaban J connectivity index is 2.73. The molecule has 0 saturated heterocycles. The van der Waals surface area contributed by atoms with Crippen LogP contribution in [0.4, 0.5) is 0 Å². The van der Waals surface area contributed by atoms with E-state index in [1.807, 2.05) is 13.0 Å². The number of hydrogen-bond donors (Lipinski definition) is 0. The van der Waals surface area contributed by atoms with E-state index in [1.54, 1.807) is 11.3 Å². The normalized spacial score (nSPS) is 11.0. The lowest BCUT2D eigenvalue weighted by molar-refractivity contribution is 0.450. The zero-order valence-electron chi connectivity index (χ0n) is 8.16. The number of nitrogens with zero attached hydrogens (tertiary/aromatic N) is 1. The zero-order valence-corrected chi connectivity index (χ0v) is 8.98. The first-order valence-electron chi connectivity index (χ1n) is 4.67. The minimum Gasteiger partial charge on any atom is -0.408 e. The monoisotopic (exact) mass is 209 g/mol. The van der Waals surface area contributed by atoms with Gasteiger partial charge in [-0.05, 0) is 12.5 Å². The molecule has 2 rings (SSSR count). The molecule has 0 bridgehead atoms. The van der Waals surface area contributed by atoms with Crippen molar-refractivity contribution in [1.82, 2.24) is 4.98 Å². The molecule has 2 aromatic rings. The summed E-state index contributed by atoms with van der Waals surface area (Å²) in [7, 11) is 0. The summed E-state index contributed by atoms with van der Waals surface area (Å²) in [6, 6.07) is 1.87. The lowest BCUT2D eigenvalue weighted by Crippen LogP contribution is -2.02. The number of rotatable bonds is 2. The van der Waals surface area contributed by atoms with Crippen LogP contribution >= 0.6 is 11.3 Å². The predicted octanol–water partition coefficient (Wildman–Crippen LogP) is 2.37. The minimum absolute atomic E-state index is 0.261. The molecule has 0 aromatic carbocycles. The highest BCUT2D eigenvalue weighted by Crippen LogP contribution is 2.21. The van der Waals surface area contributed by atoms with Crippen molar-refractivity contribution in [2.24, 2.45) is 0 Å². The summed E-state index contributed by atoms with van der Waals surface area (Å²) < 4.78 is 5.04. The van der Waals surface area contributed by atoms with Gasteiger partial charge in [0.05, 0.1) is 5.39 Å². The van der Waals surface area contributed by atoms with E-state index < -0.39 is 0 Å². The first-order valence-corrected chi connectivity index (χ1v) is 5.48. The van der Waals surface area contributed by atoms with Gasteiger partial charge in [-0.1, -0.05) is 13.8 Å². The third-order valence-corrected chi connectivity index (χ3v) is 3.24. The van der Waals surface area contributed by atoms with Gasteiger partial charge in [-0.3, -0.25) is 0 Å². The van der Waals surface area contributed by atoms with Gasteiger partial charge >= 0.3 is 5.63 Å². The van der Waals surface area contributed by atoms with E-state index in [9.17, 15) is 4.79 Å². The van der Waals surface area contributed by atoms with Gasteiger partial charge in [0.15, 0.2) is 5.89 Å². The fourth-order valence-corrected chi connectivity index (χ4v) is 2.25. The second-order valence-corrected chi connectivity index (χ2v) is 4.15. The molecule has 0 aliphatic heterocycles. The first-order chi connectivity index (χ1) is 6.74. The van der Waals surface area contributed by atoms with Gasteiger partial charge < -0.3 is 4.42 Å². The van der Waals surface area contributed by atoms with Crippen molar-refractivity contribution in [1.29, 1.82) is 0 Å². The molecule has 0 amide bonds. The second kappa shape index (κ2) is 3.53. The van der Waals surface area contributed by atoms with Gasteiger partial charge in [0.1, 0.15) is 4.83 Å². The van der Waals surface area contributed by atoms with Gasteiger partial charge in [-0.15, -0.1) is 11.3 Å². The molecular formula is C10H11NO2S. The van der Waals surface area contributed by atoms with Crippen molar-refractivity contribution < 1.29 is 4.42 Å². The summed E-state index contributed by atoms with van der Waals surface area (Å²) in [6.45, 7) is 3.98. The van der Waals surface area contributed by atoms with Gasteiger partial charge in [0, 0.05) is 11.3 Å². The van der Waals surface area contributed by atoms with Crippen LogP contribution in [-0.4, -0.2) is 4.98 Å². The Morgan fingerprint density at radius 1 is 1.43 bits per heavy atom. The standard InChI is InChI=1S/C10H11NO2S/c1-3-6-5-7-9(14-6)11-8(4-2)13-10(7)12/h5H,3-4H2,1-2H3. The van der Waals surface area contributed by atoms with E-state index in [1.165, 1.54) is 4.88 Å². The molecule has 0 spiro atoms. The molecule has 0 N–H and O–H groups in total. The minimum atomic E-state index is -0.261. The highest BCUT2D eigenvalue weighted by Gasteiger charge is 2.08. The number of aryl methyl sites for hydroxylation is 2. The van der Waals surface area contributed by atoms with Gasteiger partial charge in [0.2, 0.25) is 0 Å². The van der Waals surface area contributed by atoms with E-state index in [0.29, 0.717) is 17.7 Å². The summed E-state index contributed by atoms with van der Waals surface area (Å²) in [5, 5.41) is 0.615. The summed E-state index contributed by atoms with van der Waals surface area (Å²) in [6.07, 6.45) is 1.59. The lowest BCUT2D eigenvalue weighted by Gasteiger charge is -1.92. The van der Waals surface area contributed by atoms with Crippen molar-refractivity contribution >= 4 is 21.6 Å². The Bertz CT molecular complexity index is 512. The van der Waals surface area contributed by atoms with Gasteiger partial charge in [-0.2, -0.15) is 0 Å². The molecule has 0 aliphatic carbocycles. The Kier molecular flexibility index (Phi) is 2.37. The highest BCUT2D eigenvalue weighted by molar-refractivity contribution is 7.18. The summed E-state index contributed by atoms with van der Waals surface area (Å²) in [4.78, 5) is 17.7. The van der Waals surface area contributed by atoms with Crippen LogP contribution in [0, 0.1) is 0 Å². The molecule has 0 aliphatic rings. The maximum atomic E-state index is 11.5. The fourth-order valence-electron chi connectivity index (χ4n) is 1.28. The fraction of sp³-hybridized carbons (Fsp3) is 0.400. The van der Waals surface area contributed by atoms with Crippen LogP contribution in [0.2, 0.25) is 0 Å². The zero-order chi connectivity index (χ0) is 10.1. The molecular weight excluding hydrogens is 198 g/mol. The molecule has 2 heterocycles. The largest absolute Gasteiger partial charge is 0.408 e. The van der Waals surface area contributed by atoms with Crippen LogP contribution in [0.3, 0.4) is 0 Å². The van der Waals surface area contributed by atoms with Crippen molar-refractivity contribution in [2.45, 2.75) is 26.7 Å². The van der Waals surface area contributed by atoms with E-state index in [4.69, 9.17) is 4.42 Å². The Morgan fingerprint density at radius 3 is 2.86 bits per heavy atom. The molecule has 0 unspecified atom stereocenters. The van der Waals surface area contributed by atoms with Crippen molar-refractivity contribution in [2.75, 3.05) is 0 Å². The predicted molar refractivity (Wildman–Crippen MR) is 56.9 cm³/mol. The van der Waals surface area contributed by atoms with Gasteiger partial charge in [0.25, 0.3) is 0 Å². The van der Waals surface area contributed by atoms with E-state index >= 15 is 0 Å². The summed E-state index contributed by atoms with van der Waals surface area (Å²) in [5.74, 6) is 0.520. The summed E-state index contributed by atoms with van der Waals surface area (Å²) >= 11 is 1.57. The number of fused-ring (bicyclic) bond motifs is 1. The number of aromatic nitrogens is 1. The molecule has 0 atom stereocenters. The Hall–Kier alpha value is -1.16. The molecule has 14 heavy (non-hydrogen) atoms. The SMILES string of the molecule is CCc1nc2sc(CC)cc2c(=O)o1. The summed E-state index contributed by atoms with van der Waals surface area (Å²) in [5.41, 5.74) is -0.261. The number of thiophene rings is 1. The third-order valence-electron chi connectivity index (χ3n) is 2.07. The molecule has 0 radical (unpaired) electrons. The molecule has 4 heteroatoms. The Morgan fingerprint density at radius 2 is 2.21 bits per heavy atom. The van der Waals surface area contributed by atoms with Crippen molar-refractivity contribution in [3.63, 3.8) is 0 Å². The van der Waals surface area contributed by atoms with Crippen LogP contribution in [0.1, 0.15) is 24.6 Å². The third kappa shape index (κ3) is 1.46. The van der Waals surface area contributed by atoms with Crippen molar-refractivity contribution in [3.05, 3.63) is 27.3 Å². The molecule has 0 fully saturated rings. The highest BCUT2D eigenvalue weighted by atomic mass is 32.1. The van der Waals surface area contributed by atoms with Gasteiger partial charge in [-0.25, -0.2) is 9.78 Å². The molecule has 74 valence electrons. The van der Waals surface area contributed by atoms with Crippen LogP contribution in [0.15, 0.2) is 15.3 Å². The topological polar surface area (TPSA) is 43.1 Å². The Labute approximate surface area is 85.4 Å². The van der Waals surface area contributed by atoms with Crippen LogP contribution in [-0.2, 0) is 12.8 Å². The quantitative estimate of drug-likeness (QED) is 0.762. The van der Waals surface area contributed by atoms with Crippen LogP contribution in [0.5, 0.6) is 0 Å². The average molecular weight is 209 g/mol. The molecule has 2 aromatic heterocycles. The van der Waals surface area contributed by atoms with Crippen LogP contribution < -0.4 is 5.63 Å². The van der Waals surface area contributed by atoms with Crippen LogP contribution in [0.25, 0.3) is 10.2 Å². The number of hydrogen-bond acceptors (Lipinski definition) is 4. The first kappa shape index (κ1) is 9.40. The molecule has 3 nitrogen and oxygen atoms in total. The lowest BCUT2D eigenvalue weighted by atomic mass is 10.3. The van der Waals surface area contributed by atoms with E-state index in [0.717, 1.165) is 11.3 Å². The second-order valence-electron chi connectivity index (χ2n) is 3.03. The maximum absolute atomic E-state index is 11.5. The molecule has 0 saturated carbocycles. The van der Waals surface area contributed by atoms with Crippen molar-refractivity contribution in [3.8, 4) is 0 Å². The maximum Gasteiger partial charge on any atom is 0.347 e. The van der Waals surface area contributed by atoms with E-state index in [2.05, 4.69) is 11.9 Å². The smallest absolute Gasteiger partial charge is 0.347 e. The van der Waals surface area contributed by atoms with E-state index in [-0.39, 0.29) is 5.63 Å². The average Bonchev–Trinajstić information content (AvgIpc) is 2.61.